The van der Waals surface area contributed by atoms with Crippen molar-refractivity contribution < 1.29 is 14.6 Å². The first kappa shape index (κ1) is 19.0. The molecule has 25 heavy (non-hydrogen) atoms. The molecule has 0 spiro atoms. The molecular weight excluding hydrogens is 312 g/mol. The van der Waals surface area contributed by atoms with Gasteiger partial charge in [-0.1, -0.05) is 44.2 Å². The molecule has 0 aliphatic carbocycles. The van der Waals surface area contributed by atoms with Crippen LogP contribution < -0.4 is 0 Å². The van der Waals surface area contributed by atoms with Crippen LogP contribution in [0.3, 0.4) is 0 Å². The number of aryl methyl sites for hydroxylation is 2. The lowest BCUT2D eigenvalue weighted by molar-refractivity contribution is -0.139. The molecule has 2 aromatic rings. The van der Waals surface area contributed by atoms with Crippen LogP contribution in [-0.2, 0) is 21.4 Å². The third kappa shape index (κ3) is 3.71. The Bertz CT molecular complexity index is 758. The second kappa shape index (κ2) is 7.73. The highest BCUT2D eigenvalue weighted by Gasteiger charge is 2.31. The first-order valence-corrected chi connectivity index (χ1v) is 8.84. The van der Waals surface area contributed by atoms with Crippen LogP contribution in [0.2, 0.25) is 0 Å². The van der Waals surface area contributed by atoms with Crippen LogP contribution in [0.25, 0.3) is 0 Å². The van der Waals surface area contributed by atoms with Gasteiger partial charge in [0.05, 0.1) is 13.5 Å². The molecule has 2 rings (SSSR count). The molecule has 0 aromatic heterocycles. The number of methoxy groups -OCH3 is 1. The number of benzene rings is 2. The van der Waals surface area contributed by atoms with Gasteiger partial charge in [-0.3, -0.25) is 4.79 Å². The number of rotatable bonds is 6. The van der Waals surface area contributed by atoms with E-state index in [0.29, 0.717) is 12.2 Å². The number of hydrogen-bond donors (Lipinski definition) is 1. The molecule has 0 unspecified atom stereocenters. The van der Waals surface area contributed by atoms with Crippen LogP contribution >= 0.6 is 0 Å². The summed E-state index contributed by atoms with van der Waals surface area (Å²) in [6, 6.07) is 12.2. The largest absolute Gasteiger partial charge is 0.508 e. The van der Waals surface area contributed by atoms with Gasteiger partial charge < -0.3 is 9.84 Å². The molecule has 0 saturated carbocycles. The lowest BCUT2D eigenvalue weighted by Gasteiger charge is -2.34. The van der Waals surface area contributed by atoms with Crippen LogP contribution in [0.4, 0.5) is 0 Å². The highest BCUT2D eigenvalue weighted by Crippen LogP contribution is 2.40. The Hall–Kier alpha value is -2.29. The van der Waals surface area contributed by atoms with Gasteiger partial charge in [0, 0.05) is 5.41 Å². The average molecular weight is 340 g/mol. The summed E-state index contributed by atoms with van der Waals surface area (Å²) >= 11 is 0. The third-order valence-corrected chi connectivity index (χ3v) is 5.41. The normalized spacial score (nSPS) is 11.4. The number of phenolic OH excluding ortho intramolecular Hbond substituents is 1. The van der Waals surface area contributed by atoms with Gasteiger partial charge in [-0.25, -0.2) is 0 Å². The molecule has 0 saturated heterocycles. The van der Waals surface area contributed by atoms with E-state index in [1.54, 1.807) is 6.07 Å². The Morgan fingerprint density at radius 3 is 2.04 bits per heavy atom. The van der Waals surface area contributed by atoms with Gasteiger partial charge in [-0.05, 0) is 60.6 Å². The molecule has 0 radical (unpaired) electrons. The van der Waals surface area contributed by atoms with Crippen molar-refractivity contribution >= 4 is 5.97 Å². The summed E-state index contributed by atoms with van der Waals surface area (Å²) < 4.78 is 4.78. The predicted molar refractivity (Wildman–Crippen MR) is 101 cm³/mol. The number of aromatic hydroxyl groups is 1. The van der Waals surface area contributed by atoms with Gasteiger partial charge in [0.25, 0.3) is 0 Å². The third-order valence-electron chi connectivity index (χ3n) is 5.41. The summed E-state index contributed by atoms with van der Waals surface area (Å²) in [5.41, 5.74) is 5.35. The first-order chi connectivity index (χ1) is 11.9. The average Bonchev–Trinajstić information content (AvgIpc) is 2.61. The van der Waals surface area contributed by atoms with Crippen molar-refractivity contribution in [2.24, 2.45) is 0 Å². The van der Waals surface area contributed by atoms with E-state index in [0.717, 1.165) is 29.5 Å². The molecular formula is C22H28O3. The van der Waals surface area contributed by atoms with Crippen LogP contribution in [0.1, 0.15) is 54.5 Å². The SMILES string of the molecule is CCC(CC)(c1ccc(O)c(C)c1)c1ccc(CC(=O)OC)c(C)c1. The number of phenols is 1. The fourth-order valence-electron chi connectivity index (χ4n) is 3.61. The molecule has 0 aliphatic heterocycles. The van der Waals surface area contributed by atoms with E-state index in [2.05, 4.69) is 32.0 Å². The van der Waals surface area contributed by atoms with Crippen LogP contribution in [0.5, 0.6) is 5.75 Å². The van der Waals surface area contributed by atoms with Crippen LogP contribution in [0.15, 0.2) is 36.4 Å². The second-order valence-electron chi connectivity index (χ2n) is 6.68. The van der Waals surface area contributed by atoms with E-state index in [1.807, 2.05) is 26.0 Å². The van der Waals surface area contributed by atoms with E-state index in [4.69, 9.17) is 4.74 Å². The van der Waals surface area contributed by atoms with Crippen molar-refractivity contribution in [2.45, 2.75) is 52.4 Å². The Labute approximate surface area is 150 Å². The van der Waals surface area contributed by atoms with Gasteiger partial charge >= 0.3 is 5.97 Å². The van der Waals surface area contributed by atoms with Gasteiger partial charge in [0.2, 0.25) is 0 Å². The molecule has 2 aromatic carbocycles. The summed E-state index contributed by atoms with van der Waals surface area (Å²) in [6.45, 7) is 8.37. The van der Waals surface area contributed by atoms with Crippen molar-refractivity contribution in [3.63, 3.8) is 0 Å². The van der Waals surface area contributed by atoms with Crippen molar-refractivity contribution in [2.75, 3.05) is 7.11 Å². The minimum Gasteiger partial charge on any atom is -0.508 e. The summed E-state index contributed by atoms with van der Waals surface area (Å²) in [5, 5.41) is 9.87. The summed E-state index contributed by atoms with van der Waals surface area (Å²) in [5.74, 6) is 0.108. The molecule has 3 heteroatoms. The van der Waals surface area contributed by atoms with Gasteiger partial charge in [0.15, 0.2) is 0 Å². The Kier molecular flexibility index (Phi) is 5.89. The monoisotopic (exact) mass is 340 g/mol. The molecule has 3 nitrogen and oxygen atoms in total. The fraction of sp³-hybridized carbons (Fsp3) is 0.409. The number of esters is 1. The number of carbonyl (C=O) groups excluding carboxylic acids is 1. The first-order valence-electron chi connectivity index (χ1n) is 8.84. The van der Waals surface area contributed by atoms with Gasteiger partial charge in [0.1, 0.15) is 5.75 Å². The Balaban J connectivity index is 2.51. The second-order valence-corrected chi connectivity index (χ2v) is 6.68. The van der Waals surface area contributed by atoms with Crippen molar-refractivity contribution in [1.82, 2.24) is 0 Å². The minimum atomic E-state index is -0.220. The summed E-state index contributed by atoms with van der Waals surface area (Å²) in [7, 11) is 1.42. The van der Waals surface area contributed by atoms with E-state index in [1.165, 1.54) is 18.2 Å². The van der Waals surface area contributed by atoms with Gasteiger partial charge in [-0.15, -0.1) is 0 Å². The molecule has 0 atom stereocenters. The van der Waals surface area contributed by atoms with Gasteiger partial charge in [-0.2, -0.15) is 0 Å². The smallest absolute Gasteiger partial charge is 0.309 e. The molecule has 1 N–H and O–H groups in total. The van der Waals surface area contributed by atoms with E-state index < -0.39 is 0 Å². The zero-order chi connectivity index (χ0) is 18.6. The van der Waals surface area contributed by atoms with Crippen molar-refractivity contribution in [1.29, 1.82) is 0 Å². The number of hydrogen-bond acceptors (Lipinski definition) is 3. The zero-order valence-electron chi connectivity index (χ0n) is 15.8. The highest BCUT2D eigenvalue weighted by atomic mass is 16.5. The predicted octanol–water partition coefficient (Wildman–Crippen LogP) is 4.83. The minimum absolute atomic E-state index is 0.104. The molecule has 134 valence electrons. The summed E-state index contributed by atoms with van der Waals surface area (Å²) in [4.78, 5) is 11.6. The lowest BCUT2D eigenvalue weighted by atomic mass is 9.70. The topological polar surface area (TPSA) is 46.5 Å². The number of carbonyl (C=O) groups is 1. The van der Waals surface area contributed by atoms with Crippen molar-refractivity contribution in [3.8, 4) is 5.75 Å². The lowest BCUT2D eigenvalue weighted by Crippen LogP contribution is -2.26. The summed E-state index contributed by atoms with van der Waals surface area (Å²) in [6.07, 6.45) is 2.22. The molecule has 0 bridgehead atoms. The molecule has 0 fully saturated rings. The molecule has 0 amide bonds. The highest BCUT2D eigenvalue weighted by molar-refractivity contribution is 5.73. The zero-order valence-corrected chi connectivity index (χ0v) is 15.8. The van der Waals surface area contributed by atoms with Crippen LogP contribution in [0, 0.1) is 13.8 Å². The maximum absolute atomic E-state index is 11.6. The Morgan fingerprint density at radius 1 is 1.00 bits per heavy atom. The maximum atomic E-state index is 11.6. The Morgan fingerprint density at radius 2 is 1.56 bits per heavy atom. The van der Waals surface area contributed by atoms with E-state index >= 15 is 0 Å². The standard InChI is InChI=1S/C22H28O3/c1-6-22(7-2,19-10-11-20(23)16(4)13-19)18-9-8-17(15(3)12-18)14-21(24)25-5/h8-13,23H,6-7,14H2,1-5H3. The van der Waals surface area contributed by atoms with E-state index in [9.17, 15) is 9.90 Å². The van der Waals surface area contributed by atoms with E-state index in [-0.39, 0.29) is 11.4 Å². The van der Waals surface area contributed by atoms with Crippen molar-refractivity contribution in [3.05, 3.63) is 64.2 Å². The maximum Gasteiger partial charge on any atom is 0.309 e. The fourth-order valence-corrected chi connectivity index (χ4v) is 3.61. The molecule has 0 heterocycles. The number of ether oxygens (including phenoxy) is 1. The molecule has 0 aliphatic rings. The quantitative estimate of drug-likeness (QED) is 0.766. The van der Waals surface area contributed by atoms with Crippen LogP contribution in [-0.4, -0.2) is 18.2 Å².